The predicted octanol–water partition coefficient (Wildman–Crippen LogP) is 5.26. The summed E-state index contributed by atoms with van der Waals surface area (Å²) in [6.07, 6.45) is 3.99. The molecule has 0 bridgehead atoms. The van der Waals surface area contributed by atoms with E-state index in [-0.39, 0.29) is 12.1 Å². The van der Waals surface area contributed by atoms with Gasteiger partial charge in [-0.15, -0.1) is 0 Å². The number of aromatic nitrogens is 2. The SMILES string of the molecule is Cc1ccc(N2C(=S)N[C@H](c3ccccn3)[C@@H]2c2cccn2C(C)C)cc1C. The second-order valence-corrected chi connectivity index (χ2v) is 8.09. The Balaban J connectivity index is 1.87. The van der Waals surface area contributed by atoms with Crippen molar-refractivity contribution < 1.29 is 0 Å². The zero-order valence-corrected chi connectivity index (χ0v) is 17.6. The predicted molar refractivity (Wildman–Crippen MR) is 119 cm³/mol. The Morgan fingerprint density at radius 3 is 2.54 bits per heavy atom. The minimum atomic E-state index is -0.0114. The Morgan fingerprint density at radius 2 is 1.86 bits per heavy atom. The van der Waals surface area contributed by atoms with E-state index in [1.807, 2.05) is 18.3 Å². The van der Waals surface area contributed by atoms with E-state index in [2.05, 4.69) is 90.1 Å². The summed E-state index contributed by atoms with van der Waals surface area (Å²) >= 11 is 5.81. The van der Waals surface area contributed by atoms with Crippen molar-refractivity contribution in [3.8, 4) is 0 Å². The topological polar surface area (TPSA) is 33.1 Å². The number of hydrogen-bond acceptors (Lipinski definition) is 2. The van der Waals surface area contributed by atoms with Crippen LogP contribution in [0.15, 0.2) is 60.9 Å². The Kier molecular flexibility index (Phi) is 4.94. The Bertz CT molecular complexity index is 993. The van der Waals surface area contributed by atoms with Crippen LogP contribution in [0.5, 0.6) is 0 Å². The van der Waals surface area contributed by atoms with Crippen LogP contribution in [0, 0.1) is 13.8 Å². The molecule has 0 radical (unpaired) electrons. The van der Waals surface area contributed by atoms with E-state index in [1.54, 1.807) is 0 Å². The first-order chi connectivity index (χ1) is 13.5. The van der Waals surface area contributed by atoms with E-state index in [4.69, 9.17) is 12.2 Å². The van der Waals surface area contributed by atoms with Crippen molar-refractivity contribution in [3.63, 3.8) is 0 Å². The van der Waals surface area contributed by atoms with Crippen LogP contribution >= 0.6 is 12.2 Å². The minimum Gasteiger partial charge on any atom is -0.351 e. The van der Waals surface area contributed by atoms with Crippen LogP contribution in [0.2, 0.25) is 0 Å². The molecule has 1 aromatic carbocycles. The Morgan fingerprint density at radius 1 is 1.04 bits per heavy atom. The van der Waals surface area contributed by atoms with E-state index in [1.165, 1.54) is 16.8 Å². The summed E-state index contributed by atoms with van der Waals surface area (Å²) < 4.78 is 2.32. The summed E-state index contributed by atoms with van der Waals surface area (Å²) in [7, 11) is 0. The Labute approximate surface area is 172 Å². The zero-order chi connectivity index (χ0) is 19.8. The summed E-state index contributed by atoms with van der Waals surface area (Å²) in [5, 5.41) is 4.28. The molecule has 0 aliphatic carbocycles. The highest BCUT2D eigenvalue weighted by molar-refractivity contribution is 7.80. The highest BCUT2D eigenvalue weighted by Crippen LogP contribution is 2.42. The average molecular weight is 391 g/mol. The van der Waals surface area contributed by atoms with Gasteiger partial charge in [0.2, 0.25) is 0 Å². The standard InChI is InChI=1S/C23H26N4S/c1-15(2)26-13-7-9-20(26)22-21(19-8-5-6-12-24-19)25-23(28)27(22)18-11-10-16(3)17(4)14-18/h5-15,21-22H,1-4H3,(H,25,28)/t21-,22+/m1/s1. The third-order valence-corrected chi connectivity index (χ3v) is 5.85. The molecule has 144 valence electrons. The molecule has 5 heteroatoms. The lowest BCUT2D eigenvalue weighted by Crippen LogP contribution is -2.30. The van der Waals surface area contributed by atoms with Crippen LogP contribution in [0.1, 0.15) is 54.5 Å². The van der Waals surface area contributed by atoms with Crippen LogP contribution in [0.3, 0.4) is 0 Å². The molecule has 0 spiro atoms. The third kappa shape index (κ3) is 3.20. The molecule has 3 heterocycles. The van der Waals surface area contributed by atoms with Gasteiger partial charge in [0.25, 0.3) is 0 Å². The lowest BCUT2D eigenvalue weighted by molar-refractivity contribution is 0.497. The highest BCUT2D eigenvalue weighted by Gasteiger charge is 2.42. The van der Waals surface area contributed by atoms with E-state index in [0.717, 1.165) is 16.5 Å². The number of anilines is 1. The van der Waals surface area contributed by atoms with Crippen molar-refractivity contribution in [1.82, 2.24) is 14.9 Å². The number of hydrogen-bond donors (Lipinski definition) is 1. The number of benzene rings is 1. The molecule has 4 nitrogen and oxygen atoms in total. The highest BCUT2D eigenvalue weighted by atomic mass is 32.1. The van der Waals surface area contributed by atoms with Gasteiger partial charge < -0.3 is 14.8 Å². The molecule has 0 amide bonds. The van der Waals surface area contributed by atoms with Gasteiger partial charge in [0.05, 0.1) is 11.7 Å². The second-order valence-electron chi connectivity index (χ2n) is 7.70. The molecule has 4 rings (SSSR count). The van der Waals surface area contributed by atoms with E-state index in [9.17, 15) is 0 Å². The van der Waals surface area contributed by atoms with Gasteiger partial charge in [0.1, 0.15) is 6.04 Å². The van der Waals surface area contributed by atoms with Gasteiger partial charge in [-0.3, -0.25) is 4.98 Å². The molecule has 1 fully saturated rings. The molecule has 28 heavy (non-hydrogen) atoms. The monoisotopic (exact) mass is 390 g/mol. The second kappa shape index (κ2) is 7.40. The first kappa shape index (κ1) is 18.7. The molecule has 3 aromatic rings. The van der Waals surface area contributed by atoms with Gasteiger partial charge in [0, 0.05) is 29.8 Å². The maximum absolute atomic E-state index is 5.81. The maximum atomic E-state index is 5.81. The van der Waals surface area contributed by atoms with Crippen LogP contribution in [-0.2, 0) is 0 Å². The summed E-state index contributed by atoms with van der Waals surface area (Å²) in [4.78, 5) is 6.88. The van der Waals surface area contributed by atoms with E-state index in [0.29, 0.717) is 6.04 Å². The van der Waals surface area contributed by atoms with Crippen molar-refractivity contribution in [1.29, 1.82) is 0 Å². The first-order valence-electron chi connectivity index (χ1n) is 9.72. The number of rotatable bonds is 4. The summed E-state index contributed by atoms with van der Waals surface area (Å²) in [5.41, 5.74) is 5.89. The number of nitrogens with zero attached hydrogens (tertiary/aromatic N) is 3. The third-order valence-electron chi connectivity index (χ3n) is 5.54. The molecule has 1 saturated heterocycles. The zero-order valence-electron chi connectivity index (χ0n) is 16.8. The van der Waals surface area contributed by atoms with Crippen LogP contribution in [-0.4, -0.2) is 14.7 Å². The fourth-order valence-electron chi connectivity index (χ4n) is 3.94. The minimum absolute atomic E-state index is 0.0114. The average Bonchev–Trinajstić information content (AvgIpc) is 3.29. The summed E-state index contributed by atoms with van der Waals surface area (Å²) in [6, 6.07) is 17.3. The fraction of sp³-hybridized carbons (Fsp3) is 0.304. The molecule has 0 unspecified atom stereocenters. The van der Waals surface area contributed by atoms with Crippen molar-refractivity contribution >= 4 is 23.0 Å². The van der Waals surface area contributed by atoms with Gasteiger partial charge >= 0.3 is 0 Å². The Hall–Kier alpha value is -2.66. The van der Waals surface area contributed by atoms with Crippen molar-refractivity contribution in [2.45, 2.75) is 45.8 Å². The van der Waals surface area contributed by atoms with Crippen molar-refractivity contribution in [3.05, 3.63) is 83.4 Å². The lowest BCUT2D eigenvalue weighted by atomic mass is 10.00. The number of pyridine rings is 1. The van der Waals surface area contributed by atoms with Gasteiger partial charge in [-0.25, -0.2) is 0 Å². The van der Waals surface area contributed by atoms with Crippen LogP contribution in [0.4, 0.5) is 5.69 Å². The summed E-state index contributed by atoms with van der Waals surface area (Å²) in [5.74, 6) is 0. The molecule has 1 N–H and O–H groups in total. The van der Waals surface area contributed by atoms with Crippen LogP contribution < -0.4 is 10.2 Å². The number of nitrogens with one attached hydrogen (secondary N) is 1. The van der Waals surface area contributed by atoms with E-state index < -0.39 is 0 Å². The molecular formula is C23H26N4S. The van der Waals surface area contributed by atoms with Gasteiger partial charge in [-0.05, 0) is 87.4 Å². The van der Waals surface area contributed by atoms with E-state index >= 15 is 0 Å². The number of aryl methyl sites for hydroxylation is 2. The molecular weight excluding hydrogens is 364 g/mol. The quantitative estimate of drug-likeness (QED) is 0.616. The van der Waals surface area contributed by atoms with Gasteiger partial charge in [-0.1, -0.05) is 12.1 Å². The lowest BCUT2D eigenvalue weighted by Gasteiger charge is -2.30. The first-order valence-corrected chi connectivity index (χ1v) is 10.1. The maximum Gasteiger partial charge on any atom is 0.174 e. The largest absolute Gasteiger partial charge is 0.351 e. The van der Waals surface area contributed by atoms with Crippen molar-refractivity contribution in [2.24, 2.45) is 0 Å². The van der Waals surface area contributed by atoms with Gasteiger partial charge in [0.15, 0.2) is 5.11 Å². The molecule has 2 aromatic heterocycles. The molecule has 0 saturated carbocycles. The molecule has 2 atom stereocenters. The van der Waals surface area contributed by atoms with Gasteiger partial charge in [-0.2, -0.15) is 0 Å². The summed E-state index contributed by atoms with van der Waals surface area (Å²) in [6.45, 7) is 8.70. The fourth-order valence-corrected chi connectivity index (χ4v) is 4.28. The number of thiocarbonyl (C=S) groups is 1. The molecule has 1 aliphatic rings. The smallest absolute Gasteiger partial charge is 0.174 e. The molecule has 1 aliphatic heterocycles. The normalized spacial score (nSPS) is 19.3. The van der Waals surface area contributed by atoms with Crippen LogP contribution in [0.25, 0.3) is 0 Å². The van der Waals surface area contributed by atoms with Crippen molar-refractivity contribution in [2.75, 3.05) is 4.90 Å².